The first-order chi connectivity index (χ1) is 7.34. The molecule has 2 nitrogen and oxygen atoms in total. The van der Waals surface area contributed by atoms with Gasteiger partial charge in [0.1, 0.15) is 5.75 Å². The second-order valence-corrected chi connectivity index (χ2v) is 4.06. The van der Waals surface area contributed by atoms with E-state index in [1.165, 1.54) is 5.56 Å². The normalized spacial score (nSPS) is 18.0. The molecule has 1 aliphatic heterocycles. The van der Waals surface area contributed by atoms with Gasteiger partial charge < -0.3 is 4.74 Å². The summed E-state index contributed by atoms with van der Waals surface area (Å²) in [6, 6.07) is 4.16. The van der Waals surface area contributed by atoms with Gasteiger partial charge in [0.15, 0.2) is 5.78 Å². The van der Waals surface area contributed by atoms with Crippen LogP contribution in [-0.4, -0.2) is 12.4 Å². The zero-order chi connectivity index (χ0) is 10.3. The van der Waals surface area contributed by atoms with Crippen molar-refractivity contribution in [3.63, 3.8) is 0 Å². The Hall–Kier alpha value is -1.57. The third-order valence-electron chi connectivity index (χ3n) is 3.01. The number of hydrogen-bond donors (Lipinski definition) is 0. The van der Waals surface area contributed by atoms with E-state index in [1.807, 2.05) is 6.08 Å². The minimum Gasteiger partial charge on any atom is -0.493 e. The number of fused-ring (bicyclic) bond motifs is 3. The Morgan fingerprint density at radius 3 is 2.93 bits per heavy atom. The molecule has 0 bridgehead atoms. The quantitative estimate of drug-likeness (QED) is 0.641. The van der Waals surface area contributed by atoms with E-state index in [9.17, 15) is 4.79 Å². The van der Waals surface area contributed by atoms with Crippen LogP contribution in [0.3, 0.4) is 0 Å². The second-order valence-electron chi connectivity index (χ2n) is 4.06. The molecule has 1 aromatic rings. The molecule has 1 aliphatic carbocycles. The molecule has 0 unspecified atom stereocenters. The molecule has 0 spiro atoms. The number of hydrogen-bond acceptors (Lipinski definition) is 2. The Bertz CT molecular complexity index is 458. The van der Waals surface area contributed by atoms with Crippen molar-refractivity contribution in [2.24, 2.45) is 0 Å². The fraction of sp³-hybridized carbons (Fsp3) is 0.308. The first-order valence-corrected chi connectivity index (χ1v) is 5.33. The van der Waals surface area contributed by atoms with Gasteiger partial charge in [-0.15, -0.1) is 0 Å². The number of benzene rings is 1. The second kappa shape index (κ2) is 3.23. The number of allylic oxidation sites excluding steroid dienone is 1. The lowest BCUT2D eigenvalue weighted by atomic mass is 9.91. The van der Waals surface area contributed by atoms with Crippen LogP contribution in [0.1, 0.15) is 23.1 Å². The van der Waals surface area contributed by atoms with Crippen molar-refractivity contribution < 1.29 is 9.53 Å². The molecule has 1 aromatic carbocycles. The number of ketones is 1. The van der Waals surface area contributed by atoms with E-state index >= 15 is 0 Å². The van der Waals surface area contributed by atoms with Crippen molar-refractivity contribution in [3.8, 4) is 5.75 Å². The maximum atomic E-state index is 11.3. The van der Waals surface area contributed by atoms with Gasteiger partial charge in [-0.05, 0) is 36.1 Å². The van der Waals surface area contributed by atoms with Crippen LogP contribution in [0.5, 0.6) is 5.75 Å². The first kappa shape index (κ1) is 8.72. The van der Waals surface area contributed by atoms with Crippen molar-refractivity contribution in [1.29, 1.82) is 0 Å². The van der Waals surface area contributed by atoms with Gasteiger partial charge in [0, 0.05) is 12.0 Å². The summed E-state index contributed by atoms with van der Waals surface area (Å²) in [5.41, 5.74) is 3.49. The zero-order valence-electron chi connectivity index (χ0n) is 8.45. The number of rotatable bonds is 0. The SMILES string of the molecule is O=C1C=Cc2c(ccc3c2OCCC3)C1. The van der Waals surface area contributed by atoms with Crippen molar-refractivity contribution in [3.05, 3.63) is 34.9 Å². The lowest BCUT2D eigenvalue weighted by Crippen LogP contribution is -2.13. The third-order valence-corrected chi connectivity index (χ3v) is 3.01. The largest absolute Gasteiger partial charge is 0.493 e. The van der Waals surface area contributed by atoms with Gasteiger partial charge in [-0.1, -0.05) is 12.1 Å². The molecule has 76 valence electrons. The summed E-state index contributed by atoms with van der Waals surface area (Å²) < 4.78 is 5.69. The van der Waals surface area contributed by atoms with Gasteiger partial charge in [-0.2, -0.15) is 0 Å². The molecule has 2 heteroatoms. The summed E-state index contributed by atoms with van der Waals surface area (Å²) in [4.78, 5) is 11.3. The van der Waals surface area contributed by atoms with Gasteiger partial charge in [-0.25, -0.2) is 0 Å². The highest BCUT2D eigenvalue weighted by molar-refractivity contribution is 5.99. The predicted octanol–water partition coefficient (Wildman–Crippen LogP) is 2.15. The molecular weight excluding hydrogens is 188 g/mol. The molecule has 0 amide bonds. The summed E-state index contributed by atoms with van der Waals surface area (Å²) in [6.45, 7) is 0.797. The van der Waals surface area contributed by atoms with Gasteiger partial charge in [0.05, 0.1) is 6.61 Å². The minimum absolute atomic E-state index is 0.179. The summed E-state index contributed by atoms with van der Waals surface area (Å²) in [6.07, 6.45) is 6.24. The molecule has 0 saturated carbocycles. The molecule has 2 aliphatic rings. The van der Waals surface area contributed by atoms with Crippen LogP contribution >= 0.6 is 0 Å². The third kappa shape index (κ3) is 1.37. The molecule has 0 saturated heterocycles. The summed E-state index contributed by atoms with van der Waals surface area (Å²) in [7, 11) is 0. The Kier molecular flexibility index (Phi) is 1.88. The van der Waals surface area contributed by atoms with E-state index in [-0.39, 0.29) is 5.78 Å². The van der Waals surface area contributed by atoms with Crippen LogP contribution in [-0.2, 0) is 17.6 Å². The van der Waals surface area contributed by atoms with Gasteiger partial charge in [0.25, 0.3) is 0 Å². The molecule has 1 heterocycles. The highest BCUT2D eigenvalue weighted by atomic mass is 16.5. The number of ether oxygens (including phenoxy) is 1. The van der Waals surface area contributed by atoms with Gasteiger partial charge in [-0.3, -0.25) is 4.79 Å². The fourth-order valence-corrected chi connectivity index (χ4v) is 2.25. The lowest BCUT2D eigenvalue weighted by Gasteiger charge is -2.22. The fourth-order valence-electron chi connectivity index (χ4n) is 2.25. The first-order valence-electron chi connectivity index (χ1n) is 5.33. The van der Waals surface area contributed by atoms with Crippen LogP contribution in [0.4, 0.5) is 0 Å². The Morgan fingerprint density at radius 2 is 2.00 bits per heavy atom. The minimum atomic E-state index is 0.179. The van der Waals surface area contributed by atoms with E-state index in [1.54, 1.807) is 6.08 Å². The van der Waals surface area contributed by atoms with Gasteiger partial charge >= 0.3 is 0 Å². The molecule has 3 rings (SSSR count). The van der Waals surface area contributed by atoms with E-state index < -0.39 is 0 Å². The van der Waals surface area contributed by atoms with Crippen molar-refractivity contribution in [2.75, 3.05) is 6.61 Å². The standard InChI is InChI=1S/C13H12O2/c14-11-5-6-12-10(8-11)4-3-9-2-1-7-15-13(9)12/h3-6H,1-2,7-8H2. The Labute approximate surface area is 88.6 Å². The molecule has 15 heavy (non-hydrogen) atoms. The molecular formula is C13H12O2. The van der Waals surface area contributed by atoms with Crippen LogP contribution in [0.15, 0.2) is 18.2 Å². The summed E-state index contributed by atoms with van der Waals surface area (Å²) >= 11 is 0. The van der Waals surface area contributed by atoms with Crippen LogP contribution in [0.25, 0.3) is 6.08 Å². The average molecular weight is 200 g/mol. The predicted molar refractivity (Wildman–Crippen MR) is 58.0 cm³/mol. The van der Waals surface area contributed by atoms with Crippen molar-refractivity contribution in [1.82, 2.24) is 0 Å². The van der Waals surface area contributed by atoms with Crippen LogP contribution < -0.4 is 4.74 Å². The maximum Gasteiger partial charge on any atom is 0.160 e. The molecule has 0 radical (unpaired) electrons. The number of aryl methyl sites for hydroxylation is 1. The van der Waals surface area contributed by atoms with Crippen LogP contribution in [0.2, 0.25) is 0 Å². The maximum absolute atomic E-state index is 11.3. The highest BCUT2D eigenvalue weighted by Crippen LogP contribution is 2.34. The van der Waals surface area contributed by atoms with Crippen LogP contribution in [0, 0.1) is 0 Å². The molecule has 0 N–H and O–H groups in total. The lowest BCUT2D eigenvalue weighted by molar-refractivity contribution is -0.114. The number of carbonyl (C=O) groups excluding carboxylic acids is 1. The Balaban J connectivity index is 2.17. The van der Waals surface area contributed by atoms with E-state index in [0.29, 0.717) is 6.42 Å². The van der Waals surface area contributed by atoms with E-state index in [2.05, 4.69) is 12.1 Å². The average Bonchev–Trinajstić information content (AvgIpc) is 2.28. The topological polar surface area (TPSA) is 26.3 Å². The molecule has 0 aromatic heterocycles. The Morgan fingerprint density at radius 1 is 1.13 bits per heavy atom. The smallest absolute Gasteiger partial charge is 0.160 e. The van der Waals surface area contributed by atoms with Crippen molar-refractivity contribution >= 4 is 11.9 Å². The summed E-state index contributed by atoms with van der Waals surface area (Å²) in [5, 5.41) is 0. The van der Waals surface area contributed by atoms with Crippen molar-refractivity contribution in [2.45, 2.75) is 19.3 Å². The molecule has 0 fully saturated rings. The highest BCUT2D eigenvalue weighted by Gasteiger charge is 2.19. The van der Waals surface area contributed by atoms with E-state index in [0.717, 1.165) is 36.3 Å². The van der Waals surface area contributed by atoms with E-state index in [4.69, 9.17) is 4.74 Å². The zero-order valence-corrected chi connectivity index (χ0v) is 8.45. The van der Waals surface area contributed by atoms with Gasteiger partial charge in [0.2, 0.25) is 0 Å². The molecule has 0 atom stereocenters. The summed E-state index contributed by atoms with van der Waals surface area (Å²) in [5.74, 6) is 1.18. The number of carbonyl (C=O) groups is 1. The monoisotopic (exact) mass is 200 g/mol.